The van der Waals surface area contributed by atoms with Crippen molar-refractivity contribution in [3.05, 3.63) is 82.2 Å². The molecule has 3 aliphatic rings. The van der Waals surface area contributed by atoms with E-state index in [9.17, 15) is 30.4 Å². The maximum absolute atomic E-state index is 12.8. The largest absolute Gasteiger partial charge is 0.467 e. The third-order valence-electron chi connectivity index (χ3n) is 10.4. The first kappa shape index (κ1) is 43.4. The van der Waals surface area contributed by atoms with Crippen molar-refractivity contribution in [3.63, 3.8) is 0 Å². The van der Waals surface area contributed by atoms with Gasteiger partial charge in [0.2, 0.25) is 0 Å². The molecule has 308 valence electrons. The summed E-state index contributed by atoms with van der Waals surface area (Å²) in [6, 6.07) is 15.1. The number of amides is 1. The van der Waals surface area contributed by atoms with Crippen molar-refractivity contribution in [1.82, 2.24) is 5.32 Å². The summed E-state index contributed by atoms with van der Waals surface area (Å²) < 4.78 is 52.7. The molecular formula is C37H52N4O14Si. The molecule has 56 heavy (non-hydrogen) atoms. The predicted molar refractivity (Wildman–Crippen MR) is 198 cm³/mol. The topological polar surface area (TPSA) is 239 Å². The molecule has 3 heterocycles. The summed E-state index contributed by atoms with van der Waals surface area (Å²) in [7, 11) is -1.29. The van der Waals surface area contributed by atoms with Gasteiger partial charge in [-0.3, -0.25) is 0 Å². The Balaban J connectivity index is 1.34. The highest BCUT2D eigenvalue weighted by Crippen LogP contribution is 2.39. The van der Waals surface area contributed by atoms with Crippen LogP contribution in [-0.2, 0) is 53.7 Å². The number of carbonyl (C=O) groups excluding carboxylic acids is 2. The van der Waals surface area contributed by atoms with E-state index in [4.69, 9.17) is 42.3 Å². The van der Waals surface area contributed by atoms with Gasteiger partial charge < -0.3 is 63.0 Å². The first-order valence-electron chi connectivity index (χ1n) is 18.3. The number of rotatable bonds is 14. The summed E-state index contributed by atoms with van der Waals surface area (Å²) in [5.74, 6) is -0.878. The van der Waals surface area contributed by atoms with Crippen molar-refractivity contribution in [2.45, 2.75) is 119 Å². The Morgan fingerprint density at radius 2 is 1.66 bits per heavy atom. The molecule has 0 aliphatic carbocycles. The van der Waals surface area contributed by atoms with Crippen LogP contribution >= 0.6 is 0 Å². The lowest BCUT2D eigenvalue weighted by atomic mass is 9.95. The molecule has 0 aromatic heterocycles. The molecule has 1 amide bonds. The van der Waals surface area contributed by atoms with Gasteiger partial charge in [0.25, 0.3) is 0 Å². The molecule has 0 spiro atoms. The molecule has 2 aromatic carbocycles. The third kappa shape index (κ3) is 10.6. The van der Waals surface area contributed by atoms with E-state index >= 15 is 0 Å². The summed E-state index contributed by atoms with van der Waals surface area (Å²) in [6.45, 7) is 9.33. The quantitative estimate of drug-likeness (QED) is 0.0706. The second-order valence-corrected chi connectivity index (χ2v) is 20.0. The average molecular weight is 805 g/mol. The third-order valence-corrected chi connectivity index (χ3v) is 14.9. The molecule has 0 saturated carbocycles. The van der Waals surface area contributed by atoms with Crippen molar-refractivity contribution in [3.8, 4) is 0 Å². The van der Waals surface area contributed by atoms with Gasteiger partial charge in [-0.25, -0.2) is 9.59 Å². The number of aliphatic hydroxyl groups excluding tert-OH is 3. The van der Waals surface area contributed by atoms with E-state index in [-0.39, 0.29) is 24.9 Å². The Labute approximate surface area is 326 Å². The number of nitrogens with zero attached hydrogens (tertiary/aromatic N) is 3. The number of alkyl carbamates (subject to hydrolysis) is 1. The van der Waals surface area contributed by atoms with Crippen molar-refractivity contribution in [2.75, 3.05) is 26.9 Å². The van der Waals surface area contributed by atoms with E-state index in [0.717, 1.165) is 7.11 Å². The number of aliphatic hydroxyl groups is 3. The van der Waals surface area contributed by atoms with E-state index < -0.39 is 101 Å². The lowest BCUT2D eigenvalue weighted by Crippen LogP contribution is -2.66. The number of hydrogen-bond donors (Lipinski definition) is 4. The number of nitrogens with one attached hydrogen (secondary N) is 1. The van der Waals surface area contributed by atoms with Crippen LogP contribution < -0.4 is 5.32 Å². The summed E-state index contributed by atoms with van der Waals surface area (Å²) in [4.78, 5) is 28.4. The van der Waals surface area contributed by atoms with Gasteiger partial charge in [0, 0.05) is 10.5 Å². The fourth-order valence-electron chi connectivity index (χ4n) is 6.06. The number of fused-ring (bicyclic) bond motifs is 1. The summed E-state index contributed by atoms with van der Waals surface area (Å²) in [6.07, 6.45) is -14.1. The lowest BCUT2D eigenvalue weighted by molar-refractivity contribution is -0.378. The zero-order valence-corrected chi connectivity index (χ0v) is 33.2. The smallest absolute Gasteiger partial charge is 0.408 e. The highest BCUT2D eigenvalue weighted by molar-refractivity contribution is 6.74. The van der Waals surface area contributed by atoms with Crippen molar-refractivity contribution < 1.29 is 67.2 Å². The molecule has 4 N–H and O–H groups in total. The molecule has 12 atom stereocenters. The number of benzene rings is 2. The van der Waals surface area contributed by atoms with Gasteiger partial charge in [0.1, 0.15) is 55.4 Å². The first-order chi connectivity index (χ1) is 26.6. The first-order valence-corrected chi connectivity index (χ1v) is 21.2. The highest BCUT2D eigenvalue weighted by atomic mass is 28.4. The van der Waals surface area contributed by atoms with Gasteiger partial charge in [-0.2, -0.15) is 0 Å². The van der Waals surface area contributed by atoms with E-state index in [2.05, 4.69) is 15.3 Å². The minimum absolute atomic E-state index is 0.0333. The number of carbonyl (C=O) groups is 2. The number of esters is 1. The fourth-order valence-corrected chi connectivity index (χ4v) is 7.07. The summed E-state index contributed by atoms with van der Waals surface area (Å²) in [5.41, 5.74) is 11.1. The summed E-state index contributed by atoms with van der Waals surface area (Å²) >= 11 is 0. The monoisotopic (exact) mass is 804 g/mol. The summed E-state index contributed by atoms with van der Waals surface area (Å²) in [5, 5.41) is 40.3. The van der Waals surface area contributed by atoms with Crippen LogP contribution in [0.2, 0.25) is 18.1 Å². The standard InChI is InChI=1S/C37H52N4O14Si/c1-37(2,3)56(5,6)51-20-24-27(42)31(55-35-29(44)28(43)30-25(53-35)19-49-33(54-30)22-15-11-8-12-16-22)26(40-41-38)34(52-24)48-18-23(32(45)47-4)39-36(46)50-17-21-13-9-7-10-14-21/h7-16,23-31,33-35,42-44H,17-20H2,1-6H3,(H,39,46)/t23-,24+,25+,26+,27-,28+,29+,30-,31+,33+,34-,35-/m0/s1. The maximum Gasteiger partial charge on any atom is 0.408 e. The Morgan fingerprint density at radius 1 is 0.982 bits per heavy atom. The van der Waals surface area contributed by atoms with E-state index in [1.54, 1.807) is 36.4 Å². The molecule has 2 aromatic rings. The number of methoxy groups -OCH3 is 1. The van der Waals surface area contributed by atoms with Crippen LogP contribution in [0.1, 0.15) is 38.2 Å². The molecular weight excluding hydrogens is 753 g/mol. The number of ether oxygens (including phenoxy) is 8. The van der Waals surface area contributed by atoms with Crippen molar-refractivity contribution >= 4 is 20.4 Å². The lowest BCUT2D eigenvalue weighted by Gasteiger charge is -2.49. The van der Waals surface area contributed by atoms with Gasteiger partial charge in [0.15, 0.2) is 33.2 Å². The normalized spacial score (nSPS) is 31.3. The van der Waals surface area contributed by atoms with Crippen LogP contribution in [0.25, 0.3) is 10.4 Å². The van der Waals surface area contributed by atoms with E-state index in [0.29, 0.717) is 11.1 Å². The van der Waals surface area contributed by atoms with Crippen molar-refractivity contribution in [2.24, 2.45) is 5.11 Å². The zero-order valence-electron chi connectivity index (χ0n) is 32.2. The van der Waals surface area contributed by atoms with Gasteiger partial charge in [0.05, 0.1) is 26.9 Å². The molecule has 0 radical (unpaired) electrons. The van der Waals surface area contributed by atoms with Crippen LogP contribution in [0, 0.1) is 0 Å². The Hall–Kier alpha value is -3.69. The van der Waals surface area contributed by atoms with E-state index in [1.807, 2.05) is 58.1 Å². The molecule has 3 saturated heterocycles. The van der Waals surface area contributed by atoms with Gasteiger partial charge in [-0.1, -0.05) is 86.5 Å². The van der Waals surface area contributed by atoms with Crippen LogP contribution in [0.5, 0.6) is 0 Å². The molecule has 19 heteroatoms. The molecule has 3 aliphatic heterocycles. The highest BCUT2D eigenvalue weighted by Gasteiger charge is 2.54. The molecule has 0 bridgehead atoms. The van der Waals surface area contributed by atoms with Gasteiger partial charge in [-0.15, -0.1) is 0 Å². The fraction of sp³-hybridized carbons (Fsp3) is 0.622. The second kappa shape index (κ2) is 19.2. The van der Waals surface area contributed by atoms with Crippen LogP contribution in [-0.4, -0.2) is 130 Å². The van der Waals surface area contributed by atoms with Crippen LogP contribution in [0.4, 0.5) is 4.79 Å². The van der Waals surface area contributed by atoms with Crippen LogP contribution in [0.15, 0.2) is 65.8 Å². The van der Waals surface area contributed by atoms with Crippen molar-refractivity contribution in [1.29, 1.82) is 0 Å². The molecule has 3 fully saturated rings. The SMILES string of the molecule is COC(=O)[C@H](CO[C@H]1O[C@H](CO[Si](C)(C)C(C)(C)C)[C@H](O)[C@H](O[C@@H]2O[C@@H]3CO[C@@H](c4ccccc4)O[C@@H]3[C@H](O)[C@H]2O)[C@H]1N=[N+]=[N-])NC(=O)OCc1ccccc1. The van der Waals surface area contributed by atoms with Gasteiger partial charge in [-0.05, 0) is 29.2 Å². The number of hydrogen-bond acceptors (Lipinski definition) is 15. The van der Waals surface area contributed by atoms with Crippen LogP contribution in [0.3, 0.4) is 0 Å². The second-order valence-electron chi connectivity index (χ2n) is 15.2. The van der Waals surface area contributed by atoms with E-state index in [1.165, 1.54) is 0 Å². The Bertz CT molecular complexity index is 1630. The molecule has 5 rings (SSSR count). The average Bonchev–Trinajstić information content (AvgIpc) is 3.18. The Kier molecular flexibility index (Phi) is 14.9. The molecule has 0 unspecified atom stereocenters. The zero-order chi connectivity index (χ0) is 40.6. The number of azide groups is 1. The minimum atomic E-state index is -2.42. The maximum atomic E-state index is 12.8. The molecule has 18 nitrogen and oxygen atoms in total. The van der Waals surface area contributed by atoms with Gasteiger partial charge >= 0.3 is 12.1 Å². The Morgan fingerprint density at radius 3 is 2.30 bits per heavy atom. The minimum Gasteiger partial charge on any atom is -0.467 e. The predicted octanol–water partition coefficient (Wildman–Crippen LogP) is 3.20.